The summed E-state index contributed by atoms with van der Waals surface area (Å²) in [5.74, 6) is -3.56. The molecule has 0 saturated heterocycles. The number of carboxylic acids is 1. The van der Waals surface area contributed by atoms with Crippen LogP contribution in [0.3, 0.4) is 0 Å². The van der Waals surface area contributed by atoms with E-state index in [4.69, 9.17) is 9.47 Å². The molecule has 10 atom stereocenters. The number of methoxy groups -OCH3 is 2. The molecular formula is C41H68N4O8. The van der Waals surface area contributed by atoms with E-state index in [9.17, 15) is 29.1 Å². The summed E-state index contributed by atoms with van der Waals surface area (Å²) in [5, 5.41) is 15.6. The third kappa shape index (κ3) is 12.3. The molecule has 0 bridgehead atoms. The van der Waals surface area contributed by atoms with E-state index in [0.29, 0.717) is 12.8 Å². The van der Waals surface area contributed by atoms with Crippen LogP contribution in [0, 0.1) is 35.5 Å². The van der Waals surface area contributed by atoms with Gasteiger partial charge >= 0.3 is 5.97 Å². The lowest BCUT2D eigenvalue weighted by molar-refractivity contribution is -0.146. The molecule has 0 aliphatic heterocycles. The molecule has 1 fully saturated rings. The number of carbonyl (C=O) groups excluding carboxylic acids is 4. The Labute approximate surface area is 318 Å². The zero-order valence-electron chi connectivity index (χ0n) is 34.3. The molecule has 10 unspecified atom stereocenters. The molecular weight excluding hydrogens is 676 g/mol. The predicted octanol–water partition coefficient (Wildman–Crippen LogP) is 4.44. The summed E-state index contributed by atoms with van der Waals surface area (Å²) in [7, 11) is 8.51. The maximum Gasteiger partial charge on any atom is 0.326 e. The quantitative estimate of drug-likeness (QED) is 0.156. The maximum absolute atomic E-state index is 14.2. The number of rotatable bonds is 22. The van der Waals surface area contributed by atoms with Crippen LogP contribution in [0.15, 0.2) is 30.3 Å². The number of hydrogen-bond donors (Lipinski definition) is 3. The van der Waals surface area contributed by atoms with Gasteiger partial charge < -0.3 is 30.1 Å². The van der Waals surface area contributed by atoms with Gasteiger partial charge in [0.15, 0.2) is 0 Å². The number of likely N-dealkylation sites (N-methyl/N-ethyl adjacent to an activating group) is 2. The minimum Gasteiger partial charge on any atom is -0.480 e. The average molecular weight is 745 g/mol. The first-order valence-electron chi connectivity index (χ1n) is 19.3. The second-order valence-corrected chi connectivity index (χ2v) is 15.9. The van der Waals surface area contributed by atoms with Crippen LogP contribution in [0.5, 0.6) is 0 Å². The van der Waals surface area contributed by atoms with E-state index >= 15 is 0 Å². The van der Waals surface area contributed by atoms with Crippen molar-refractivity contribution in [3.8, 4) is 0 Å². The van der Waals surface area contributed by atoms with Gasteiger partial charge in [0.25, 0.3) is 0 Å². The lowest BCUT2D eigenvalue weighted by atomic mass is 9.79. The van der Waals surface area contributed by atoms with Crippen LogP contribution in [-0.4, -0.2) is 116 Å². The highest BCUT2D eigenvalue weighted by molar-refractivity contribution is 5.90. The number of amides is 3. The van der Waals surface area contributed by atoms with Gasteiger partial charge in [-0.25, -0.2) is 4.79 Å². The van der Waals surface area contributed by atoms with Crippen LogP contribution >= 0.6 is 0 Å². The van der Waals surface area contributed by atoms with Crippen LogP contribution in [0.1, 0.15) is 86.1 Å². The van der Waals surface area contributed by atoms with Crippen LogP contribution in [-0.2, 0) is 39.9 Å². The van der Waals surface area contributed by atoms with Crippen molar-refractivity contribution >= 4 is 29.5 Å². The minimum atomic E-state index is -1.13. The Morgan fingerprint density at radius 3 is 1.98 bits per heavy atom. The van der Waals surface area contributed by atoms with Gasteiger partial charge in [-0.3, -0.25) is 24.1 Å². The van der Waals surface area contributed by atoms with E-state index in [2.05, 4.69) is 10.6 Å². The third-order valence-electron chi connectivity index (χ3n) is 11.3. The Morgan fingerprint density at radius 1 is 0.868 bits per heavy atom. The molecule has 3 amide bonds. The minimum absolute atomic E-state index is 0.0184. The summed E-state index contributed by atoms with van der Waals surface area (Å²) < 4.78 is 11.9. The zero-order chi connectivity index (χ0) is 40.2. The monoisotopic (exact) mass is 745 g/mol. The standard InChI is InChI=1S/C41H68N4O8/c1-13-26(6)36(45(10)40(49)34(24(2)3)43-39(48)35(25(4)5)44(8)9)33(52-11)23-32(46)29-20-17-21-30(29)37(53-12)27(7)38(47)42-31(41(50)51)22-28-18-15-14-16-19-28/h14-16,18-19,24-27,29-31,33-37H,13,17,20-23H2,1-12H3,(H,42,47)(H,43,48)(H,50,51). The second-order valence-electron chi connectivity index (χ2n) is 15.9. The van der Waals surface area contributed by atoms with Crippen molar-refractivity contribution in [3.05, 3.63) is 35.9 Å². The van der Waals surface area contributed by atoms with Crippen LogP contribution in [0.4, 0.5) is 0 Å². The van der Waals surface area contributed by atoms with Gasteiger partial charge in [0.2, 0.25) is 17.7 Å². The normalized spacial score (nSPS) is 20.6. The highest BCUT2D eigenvalue weighted by Crippen LogP contribution is 2.40. The number of carbonyl (C=O) groups is 5. The molecule has 300 valence electrons. The van der Waals surface area contributed by atoms with Crippen molar-refractivity contribution in [2.75, 3.05) is 35.4 Å². The molecule has 1 aliphatic rings. The Kier molecular flexibility index (Phi) is 18.6. The van der Waals surface area contributed by atoms with Crippen LogP contribution in [0.2, 0.25) is 0 Å². The smallest absolute Gasteiger partial charge is 0.326 e. The van der Waals surface area contributed by atoms with Gasteiger partial charge in [-0.05, 0) is 56.2 Å². The molecule has 1 saturated carbocycles. The average Bonchev–Trinajstić information content (AvgIpc) is 3.59. The van der Waals surface area contributed by atoms with E-state index < -0.39 is 60.1 Å². The fourth-order valence-corrected chi connectivity index (χ4v) is 8.22. The lowest BCUT2D eigenvalue weighted by Gasteiger charge is -2.40. The van der Waals surface area contributed by atoms with E-state index in [1.54, 1.807) is 26.0 Å². The first-order valence-corrected chi connectivity index (χ1v) is 19.3. The highest BCUT2D eigenvalue weighted by Gasteiger charge is 2.45. The predicted molar refractivity (Wildman–Crippen MR) is 206 cm³/mol. The Balaban J connectivity index is 2.27. The Bertz CT molecular complexity index is 1330. The van der Waals surface area contributed by atoms with Gasteiger partial charge in [-0.15, -0.1) is 0 Å². The Hall–Kier alpha value is -3.35. The highest BCUT2D eigenvalue weighted by atomic mass is 16.5. The molecule has 0 radical (unpaired) electrons. The van der Waals surface area contributed by atoms with Crippen molar-refractivity contribution < 1.29 is 38.6 Å². The molecule has 53 heavy (non-hydrogen) atoms. The molecule has 12 nitrogen and oxygen atoms in total. The fourth-order valence-electron chi connectivity index (χ4n) is 8.22. The van der Waals surface area contributed by atoms with Crippen LogP contribution in [0.25, 0.3) is 0 Å². The van der Waals surface area contributed by atoms with E-state index in [1.165, 1.54) is 7.11 Å². The second kappa shape index (κ2) is 21.5. The molecule has 1 aromatic carbocycles. The number of hydrogen-bond acceptors (Lipinski definition) is 8. The molecule has 1 aromatic rings. The molecule has 1 aliphatic carbocycles. The van der Waals surface area contributed by atoms with Crippen molar-refractivity contribution in [2.45, 2.75) is 123 Å². The van der Waals surface area contributed by atoms with Gasteiger partial charge in [0.05, 0.1) is 30.2 Å². The van der Waals surface area contributed by atoms with Gasteiger partial charge in [-0.2, -0.15) is 0 Å². The first-order chi connectivity index (χ1) is 24.9. The summed E-state index contributed by atoms with van der Waals surface area (Å²) >= 11 is 0. The number of Topliss-reactive ketones (excluding diaryl/α,β-unsaturated/α-hetero) is 1. The SMILES string of the molecule is CCC(C)C(C(CC(=O)C1CCCC1C(OC)C(C)C(=O)NC(Cc1ccccc1)C(=O)O)OC)N(C)C(=O)C(NC(=O)C(C(C)C)N(C)C)C(C)C. The summed E-state index contributed by atoms with van der Waals surface area (Å²) in [6.45, 7) is 13.6. The number of aliphatic carboxylic acids is 1. The number of nitrogens with one attached hydrogen (secondary N) is 2. The van der Waals surface area contributed by atoms with E-state index in [1.807, 2.05) is 90.9 Å². The number of benzene rings is 1. The summed E-state index contributed by atoms with van der Waals surface area (Å²) in [4.78, 5) is 70.9. The van der Waals surface area contributed by atoms with Crippen molar-refractivity contribution in [2.24, 2.45) is 35.5 Å². The van der Waals surface area contributed by atoms with Gasteiger partial charge in [0.1, 0.15) is 17.9 Å². The summed E-state index contributed by atoms with van der Waals surface area (Å²) in [6.07, 6.45) is 1.81. The molecule has 0 heterocycles. The van der Waals surface area contributed by atoms with E-state index in [-0.39, 0.29) is 54.1 Å². The summed E-state index contributed by atoms with van der Waals surface area (Å²) in [5.41, 5.74) is 0.793. The van der Waals surface area contributed by atoms with Crippen molar-refractivity contribution in [3.63, 3.8) is 0 Å². The number of ether oxygens (including phenoxy) is 2. The molecule has 2 rings (SSSR count). The number of carboxylic acid groups (broad SMARTS) is 1. The zero-order valence-corrected chi connectivity index (χ0v) is 34.3. The lowest BCUT2D eigenvalue weighted by Crippen LogP contribution is -2.59. The number of nitrogens with zero attached hydrogens (tertiary/aromatic N) is 2. The van der Waals surface area contributed by atoms with Crippen molar-refractivity contribution in [1.29, 1.82) is 0 Å². The van der Waals surface area contributed by atoms with Gasteiger partial charge in [0, 0.05) is 40.0 Å². The largest absolute Gasteiger partial charge is 0.480 e. The number of ketones is 1. The third-order valence-corrected chi connectivity index (χ3v) is 11.3. The molecule has 0 aromatic heterocycles. The van der Waals surface area contributed by atoms with Gasteiger partial charge in [-0.1, -0.05) is 91.6 Å². The Morgan fingerprint density at radius 2 is 1.49 bits per heavy atom. The van der Waals surface area contributed by atoms with Crippen molar-refractivity contribution in [1.82, 2.24) is 20.4 Å². The summed E-state index contributed by atoms with van der Waals surface area (Å²) in [6, 6.07) is 6.40. The molecule has 12 heteroatoms. The molecule has 0 spiro atoms. The maximum atomic E-state index is 14.2. The van der Waals surface area contributed by atoms with E-state index in [0.717, 1.165) is 18.4 Å². The molecule has 3 N–H and O–H groups in total. The first kappa shape index (κ1) is 45.8. The van der Waals surface area contributed by atoms with Crippen LogP contribution < -0.4 is 10.6 Å². The fraction of sp³-hybridized carbons (Fsp3) is 0.732. The topological polar surface area (TPSA) is 155 Å².